The molecule has 2 amide bonds. The number of carbonyl (C=O) groups is 2. The van der Waals surface area contributed by atoms with E-state index in [1.807, 2.05) is 19.1 Å². The molecule has 0 unspecified atom stereocenters. The fraction of sp³-hybridized carbons (Fsp3) is 0.318. The third-order valence-electron chi connectivity index (χ3n) is 4.85. The second kappa shape index (κ2) is 9.46. The minimum atomic E-state index is -0.260. The summed E-state index contributed by atoms with van der Waals surface area (Å²) in [6.07, 6.45) is 5.73. The van der Waals surface area contributed by atoms with E-state index < -0.39 is 0 Å². The van der Waals surface area contributed by atoms with Gasteiger partial charge in [0.15, 0.2) is 5.11 Å². The Labute approximate surface area is 170 Å². The maximum absolute atomic E-state index is 12.4. The van der Waals surface area contributed by atoms with Gasteiger partial charge in [-0.1, -0.05) is 37.0 Å². The molecule has 0 atom stereocenters. The van der Waals surface area contributed by atoms with Gasteiger partial charge in [-0.05, 0) is 68.4 Å². The van der Waals surface area contributed by atoms with Crippen LogP contribution in [0.25, 0.3) is 0 Å². The van der Waals surface area contributed by atoms with Crippen LogP contribution in [0.3, 0.4) is 0 Å². The highest BCUT2D eigenvalue weighted by Crippen LogP contribution is 2.18. The topological polar surface area (TPSA) is 70.2 Å². The Balaban J connectivity index is 1.52. The average Bonchev–Trinajstić information content (AvgIpc) is 2.69. The molecule has 3 N–H and O–H groups in total. The van der Waals surface area contributed by atoms with Crippen LogP contribution in [0.5, 0.6) is 0 Å². The Bertz CT molecular complexity index is 858. The molecule has 0 aromatic heterocycles. The first-order valence-electron chi connectivity index (χ1n) is 9.61. The van der Waals surface area contributed by atoms with Gasteiger partial charge in [-0.3, -0.25) is 14.9 Å². The van der Waals surface area contributed by atoms with Crippen LogP contribution in [-0.4, -0.2) is 23.0 Å². The van der Waals surface area contributed by atoms with Crippen molar-refractivity contribution in [2.45, 2.75) is 45.1 Å². The average molecular weight is 396 g/mol. The van der Waals surface area contributed by atoms with Crippen LogP contribution in [0.4, 0.5) is 5.69 Å². The summed E-state index contributed by atoms with van der Waals surface area (Å²) in [6, 6.07) is 14.7. The molecule has 0 bridgehead atoms. The van der Waals surface area contributed by atoms with Gasteiger partial charge >= 0.3 is 0 Å². The molecule has 6 heteroatoms. The Morgan fingerprint density at radius 1 is 0.929 bits per heavy atom. The molecule has 1 aliphatic rings. The minimum Gasteiger partial charge on any atom is -0.349 e. The molecule has 0 spiro atoms. The molecule has 3 rings (SSSR count). The molecular weight excluding hydrogens is 370 g/mol. The lowest BCUT2D eigenvalue weighted by Crippen LogP contribution is -2.36. The van der Waals surface area contributed by atoms with E-state index in [1.165, 1.54) is 19.3 Å². The summed E-state index contributed by atoms with van der Waals surface area (Å²) in [5, 5.41) is 8.95. The largest absolute Gasteiger partial charge is 0.349 e. The minimum absolute atomic E-state index is 0.0474. The number of carbonyl (C=O) groups excluding carboxylic acids is 2. The molecule has 1 fully saturated rings. The highest BCUT2D eigenvalue weighted by atomic mass is 32.1. The molecule has 2 aromatic rings. The van der Waals surface area contributed by atoms with Crippen molar-refractivity contribution < 1.29 is 9.59 Å². The van der Waals surface area contributed by atoms with E-state index in [0.717, 1.165) is 18.4 Å². The van der Waals surface area contributed by atoms with Crippen molar-refractivity contribution in [3.63, 3.8) is 0 Å². The summed E-state index contributed by atoms with van der Waals surface area (Å²) in [5.74, 6) is -0.307. The van der Waals surface area contributed by atoms with Crippen LogP contribution in [0.15, 0.2) is 48.5 Å². The van der Waals surface area contributed by atoms with Crippen molar-refractivity contribution >= 4 is 34.8 Å². The zero-order chi connectivity index (χ0) is 19.9. The molecule has 0 heterocycles. The van der Waals surface area contributed by atoms with Crippen LogP contribution in [-0.2, 0) is 0 Å². The molecule has 28 heavy (non-hydrogen) atoms. The van der Waals surface area contributed by atoms with Gasteiger partial charge in [-0.25, -0.2) is 0 Å². The first-order valence-corrected chi connectivity index (χ1v) is 10.0. The van der Waals surface area contributed by atoms with Crippen molar-refractivity contribution in [3.05, 3.63) is 65.2 Å². The number of amides is 2. The van der Waals surface area contributed by atoms with Gasteiger partial charge in [0.25, 0.3) is 11.8 Å². The van der Waals surface area contributed by atoms with Crippen molar-refractivity contribution in [2.75, 3.05) is 5.32 Å². The first-order chi connectivity index (χ1) is 13.5. The highest BCUT2D eigenvalue weighted by Gasteiger charge is 2.16. The van der Waals surface area contributed by atoms with E-state index in [1.54, 1.807) is 36.4 Å². The van der Waals surface area contributed by atoms with Crippen LogP contribution < -0.4 is 16.0 Å². The van der Waals surface area contributed by atoms with Gasteiger partial charge < -0.3 is 10.6 Å². The smallest absolute Gasteiger partial charge is 0.257 e. The number of anilines is 1. The van der Waals surface area contributed by atoms with Gasteiger partial charge in [0, 0.05) is 22.9 Å². The number of aryl methyl sites for hydroxylation is 1. The van der Waals surface area contributed by atoms with Crippen molar-refractivity contribution in [3.8, 4) is 0 Å². The van der Waals surface area contributed by atoms with E-state index in [0.29, 0.717) is 16.8 Å². The summed E-state index contributed by atoms with van der Waals surface area (Å²) >= 11 is 5.22. The van der Waals surface area contributed by atoms with Gasteiger partial charge in [-0.2, -0.15) is 0 Å². The van der Waals surface area contributed by atoms with Gasteiger partial charge in [0.2, 0.25) is 0 Å². The fourth-order valence-corrected chi connectivity index (χ4v) is 3.56. The van der Waals surface area contributed by atoms with Gasteiger partial charge in [0.05, 0.1) is 0 Å². The Morgan fingerprint density at radius 3 is 2.32 bits per heavy atom. The van der Waals surface area contributed by atoms with Crippen molar-refractivity contribution in [1.82, 2.24) is 10.6 Å². The molecule has 1 aliphatic carbocycles. The standard InChI is InChI=1S/C22H25N3O2S/c1-15-6-5-7-17(14-15)21(27)25-22(28)24-19-12-10-16(11-13-19)20(26)23-18-8-3-2-4-9-18/h5-7,10-14,18H,2-4,8-9H2,1H3,(H,23,26)(H2,24,25,27,28). The maximum atomic E-state index is 12.4. The van der Waals surface area contributed by atoms with Gasteiger partial charge in [0.1, 0.15) is 0 Å². The number of rotatable bonds is 4. The normalized spacial score (nSPS) is 14.2. The molecule has 1 saturated carbocycles. The number of nitrogens with one attached hydrogen (secondary N) is 3. The zero-order valence-electron chi connectivity index (χ0n) is 16.0. The number of hydrogen-bond acceptors (Lipinski definition) is 3. The summed E-state index contributed by atoms with van der Waals surface area (Å²) in [6.45, 7) is 1.93. The maximum Gasteiger partial charge on any atom is 0.257 e. The third-order valence-corrected chi connectivity index (χ3v) is 5.06. The van der Waals surface area contributed by atoms with E-state index in [-0.39, 0.29) is 23.0 Å². The number of thiocarbonyl (C=S) groups is 1. The second-order valence-electron chi connectivity index (χ2n) is 7.16. The fourth-order valence-electron chi connectivity index (χ4n) is 3.34. The SMILES string of the molecule is Cc1cccc(C(=O)NC(=S)Nc2ccc(C(=O)NC3CCCCC3)cc2)c1. The van der Waals surface area contributed by atoms with Crippen LogP contribution in [0.2, 0.25) is 0 Å². The van der Waals surface area contributed by atoms with E-state index in [4.69, 9.17) is 12.2 Å². The monoisotopic (exact) mass is 395 g/mol. The van der Waals surface area contributed by atoms with Crippen molar-refractivity contribution in [1.29, 1.82) is 0 Å². The predicted octanol–water partition coefficient (Wildman–Crippen LogP) is 4.18. The molecular formula is C22H25N3O2S. The predicted molar refractivity (Wildman–Crippen MR) is 116 cm³/mol. The summed E-state index contributed by atoms with van der Waals surface area (Å²) in [4.78, 5) is 24.6. The Morgan fingerprint density at radius 2 is 1.64 bits per heavy atom. The summed E-state index contributed by atoms with van der Waals surface area (Å²) < 4.78 is 0. The Hall–Kier alpha value is -2.73. The van der Waals surface area contributed by atoms with Crippen LogP contribution in [0, 0.1) is 6.92 Å². The lowest BCUT2D eigenvalue weighted by molar-refractivity contribution is 0.0926. The number of benzene rings is 2. The molecule has 2 aromatic carbocycles. The van der Waals surface area contributed by atoms with E-state index >= 15 is 0 Å². The van der Waals surface area contributed by atoms with Crippen molar-refractivity contribution in [2.24, 2.45) is 0 Å². The molecule has 146 valence electrons. The van der Waals surface area contributed by atoms with Crippen LogP contribution >= 0.6 is 12.2 Å². The quantitative estimate of drug-likeness (QED) is 0.679. The number of hydrogen-bond donors (Lipinski definition) is 3. The lowest BCUT2D eigenvalue weighted by Gasteiger charge is -2.22. The summed E-state index contributed by atoms with van der Waals surface area (Å²) in [5.41, 5.74) is 2.89. The third kappa shape index (κ3) is 5.63. The molecule has 0 aliphatic heterocycles. The second-order valence-corrected chi connectivity index (χ2v) is 7.57. The van der Waals surface area contributed by atoms with E-state index in [9.17, 15) is 9.59 Å². The zero-order valence-corrected chi connectivity index (χ0v) is 16.8. The highest BCUT2D eigenvalue weighted by molar-refractivity contribution is 7.80. The van der Waals surface area contributed by atoms with Crippen LogP contribution in [0.1, 0.15) is 58.4 Å². The van der Waals surface area contributed by atoms with Gasteiger partial charge in [-0.15, -0.1) is 0 Å². The Kier molecular flexibility index (Phi) is 6.76. The first kappa shape index (κ1) is 20.0. The molecule has 0 radical (unpaired) electrons. The molecule has 5 nitrogen and oxygen atoms in total. The van der Waals surface area contributed by atoms with E-state index in [2.05, 4.69) is 16.0 Å². The summed E-state index contributed by atoms with van der Waals surface area (Å²) in [7, 11) is 0. The lowest BCUT2D eigenvalue weighted by atomic mass is 9.95. The molecule has 0 saturated heterocycles.